The van der Waals surface area contributed by atoms with E-state index in [9.17, 15) is 19.8 Å². The number of hydrogen-bond acceptors (Lipinski definition) is 5. The molecular formula is C32H50O6. The summed E-state index contributed by atoms with van der Waals surface area (Å²) in [4.78, 5) is 25.0. The molecule has 4 saturated carbocycles. The molecule has 0 amide bonds. The molecule has 6 nitrogen and oxygen atoms in total. The number of hydrogen-bond donors (Lipinski definition) is 2. The summed E-state index contributed by atoms with van der Waals surface area (Å²) in [6.45, 7) is 14.8. The molecule has 38 heavy (non-hydrogen) atoms. The summed E-state index contributed by atoms with van der Waals surface area (Å²) in [6.07, 6.45) is 7.58. The molecule has 0 spiro atoms. The fourth-order valence-corrected chi connectivity index (χ4v) is 9.98. The maximum absolute atomic E-state index is 12.7. The van der Waals surface area contributed by atoms with E-state index in [1.165, 1.54) is 6.92 Å². The number of aliphatic hydroxyl groups excluding tert-OH is 1. The van der Waals surface area contributed by atoms with Crippen molar-refractivity contribution in [1.82, 2.24) is 0 Å². The van der Waals surface area contributed by atoms with Crippen LogP contribution in [0.25, 0.3) is 0 Å². The lowest BCUT2D eigenvalue weighted by Crippen LogP contribution is -2.66. The number of esters is 1. The van der Waals surface area contributed by atoms with Crippen LogP contribution in [0.4, 0.5) is 0 Å². The minimum absolute atomic E-state index is 0.0211. The largest absolute Gasteiger partial charge is 0.478 e. The molecule has 6 heteroatoms. The van der Waals surface area contributed by atoms with E-state index in [2.05, 4.69) is 33.8 Å². The van der Waals surface area contributed by atoms with Crippen LogP contribution in [0.15, 0.2) is 22.8 Å². The summed E-state index contributed by atoms with van der Waals surface area (Å²) in [5, 5.41) is 21.2. The number of carbonyl (C=O) groups is 2. The summed E-state index contributed by atoms with van der Waals surface area (Å²) in [5.74, 6) is -0.326. The molecule has 0 saturated heterocycles. The molecule has 214 valence electrons. The van der Waals surface area contributed by atoms with Crippen LogP contribution in [0.3, 0.4) is 0 Å². The fraction of sp³-hybridized carbons (Fsp3) is 0.812. The predicted octanol–water partition coefficient (Wildman–Crippen LogP) is 6.32. The minimum atomic E-state index is -0.907. The van der Waals surface area contributed by atoms with Crippen LogP contribution in [-0.4, -0.2) is 47.6 Å². The topological polar surface area (TPSA) is 93.1 Å². The molecule has 0 aromatic heterocycles. The highest BCUT2D eigenvalue weighted by Gasteiger charge is 2.71. The van der Waals surface area contributed by atoms with Gasteiger partial charge in [-0.25, -0.2) is 4.79 Å². The summed E-state index contributed by atoms with van der Waals surface area (Å²) >= 11 is 0. The first-order valence-electron chi connectivity index (χ1n) is 14.7. The number of rotatable bonds is 6. The normalized spacial score (nSPS) is 45.3. The Labute approximate surface area is 229 Å². The van der Waals surface area contributed by atoms with Gasteiger partial charge in [-0.15, -0.1) is 0 Å². The van der Waals surface area contributed by atoms with Gasteiger partial charge in [0.25, 0.3) is 0 Å². The van der Waals surface area contributed by atoms with Crippen molar-refractivity contribution in [3.63, 3.8) is 0 Å². The molecule has 4 aliphatic rings. The fourth-order valence-electron chi connectivity index (χ4n) is 9.98. The molecule has 10 unspecified atom stereocenters. The highest BCUT2D eigenvalue weighted by Crippen LogP contribution is 2.74. The number of carboxylic acids is 1. The zero-order valence-electron chi connectivity index (χ0n) is 24.8. The SMILES string of the molecule is COC1CC2/C(=C(\CCC=C(C)C)C(=O)O)C(OC(C)=O)CC2(C)C2(C)CCC3C(C)C(O)CCC3(C)C12. The Morgan fingerprint density at radius 1 is 1.08 bits per heavy atom. The molecule has 10 atom stereocenters. The lowest BCUT2D eigenvalue weighted by molar-refractivity contribution is -0.239. The van der Waals surface area contributed by atoms with Crippen LogP contribution in [0.2, 0.25) is 0 Å². The van der Waals surface area contributed by atoms with Gasteiger partial charge >= 0.3 is 11.9 Å². The number of allylic oxidation sites excluding steroid dienone is 2. The highest BCUT2D eigenvalue weighted by atomic mass is 16.5. The third-order valence-corrected chi connectivity index (χ3v) is 11.8. The van der Waals surface area contributed by atoms with Crippen LogP contribution < -0.4 is 0 Å². The van der Waals surface area contributed by atoms with Crippen molar-refractivity contribution in [2.24, 2.45) is 39.9 Å². The maximum Gasteiger partial charge on any atom is 0.331 e. The van der Waals surface area contributed by atoms with Crippen molar-refractivity contribution >= 4 is 11.9 Å². The number of aliphatic carboxylic acids is 1. The van der Waals surface area contributed by atoms with Crippen molar-refractivity contribution in [2.45, 2.75) is 118 Å². The Morgan fingerprint density at radius 3 is 2.34 bits per heavy atom. The quantitative estimate of drug-likeness (QED) is 0.237. The first-order chi connectivity index (χ1) is 17.7. The summed E-state index contributed by atoms with van der Waals surface area (Å²) in [6, 6.07) is 0. The smallest absolute Gasteiger partial charge is 0.331 e. The zero-order chi connectivity index (χ0) is 28.2. The second-order valence-electron chi connectivity index (χ2n) is 13.9. The highest BCUT2D eigenvalue weighted by molar-refractivity contribution is 5.88. The Kier molecular flexibility index (Phi) is 8.02. The third kappa shape index (κ3) is 4.48. The molecule has 0 heterocycles. The van der Waals surface area contributed by atoms with Crippen LogP contribution in [0, 0.1) is 39.9 Å². The predicted molar refractivity (Wildman–Crippen MR) is 147 cm³/mol. The average Bonchev–Trinajstić information content (AvgIpc) is 3.10. The van der Waals surface area contributed by atoms with E-state index < -0.39 is 12.1 Å². The van der Waals surface area contributed by atoms with Crippen molar-refractivity contribution in [2.75, 3.05) is 7.11 Å². The number of fused-ring (bicyclic) bond motifs is 5. The first-order valence-corrected chi connectivity index (χ1v) is 14.7. The number of carbonyl (C=O) groups excluding carboxylic acids is 1. The van der Waals surface area contributed by atoms with Gasteiger partial charge in [0.05, 0.1) is 12.2 Å². The van der Waals surface area contributed by atoms with Crippen LogP contribution >= 0.6 is 0 Å². The van der Waals surface area contributed by atoms with Gasteiger partial charge in [0.15, 0.2) is 0 Å². The Bertz CT molecular complexity index is 1010. The van der Waals surface area contributed by atoms with E-state index in [0.717, 1.165) is 43.3 Å². The van der Waals surface area contributed by atoms with Gasteiger partial charge in [0.2, 0.25) is 0 Å². The van der Waals surface area contributed by atoms with Gasteiger partial charge in [-0.3, -0.25) is 4.79 Å². The third-order valence-electron chi connectivity index (χ3n) is 11.8. The van der Waals surface area contributed by atoms with E-state index in [1.54, 1.807) is 7.11 Å². The monoisotopic (exact) mass is 530 g/mol. The van der Waals surface area contributed by atoms with Crippen molar-refractivity contribution in [1.29, 1.82) is 0 Å². The molecule has 0 aromatic carbocycles. The van der Waals surface area contributed by atoms with Gasteiger partial charge in [0, 0.05) is 19.6 Å². The Morgan fingerprint density at radius 2 is 1.76 bits per heavy atom. The van der Waals surface area contributed by atoms with Gasteiger partial charge in [-0.1, -0.05) is 39.3 Å². The zero-order valence-corrected chi connectivity index (χ0v) is 24.8. The molecular weight excluding hydrogens is 480 g/mol. The van der Waals surface area contributed by atoms with Crippen LogP contribution in [0.5, 0.6) is 0 Å². The first kappa shape index (κ1) is 29.3. The van der Waals surface area contributed by atoms with E-state index >= 15 is 0 Å². The summed E-state index contributed by atoms with van der Waals surface area (Å²) in [7, 11) is 1.80. The van der Waals surface area contributed by atoms with Crippen LogP contribution in [-0.2, 0) is 19.1 Å². The van der Waals surface area contributed by atoms with E-state index in [1.807, 2.05) is 13.8 Å². The van der Waals surface area contributed by atoms with Crippen molar-refractivity contribution in [3.8, 4) is 0 Å². The number of ether oxygens (including phenoxy) is 2. The van der Waals surface area contributed by atoms with Gasteiger partial charge in [-0.05, 0) is 111 Å². The number of carboxylic acid groups (broad SMARTS) is 1. The number of methoxy groups -OCH3 is 1. The second kappa shape index (κ2) is 10.4. The molecule has 2 N–H and O–H groups in total. The standard InChI is InChI=1S/C32H50O6/c1-18(2)10-9-11-21(29(35)36)27-23-16-25(37-8)28-30(5)14-13-24(34)19(3)22(30)12-15-31(28,6)32(23,7)17-26(27)38-20(4)33/h10,19,22-26,28,34H,9,11-17H2,1-8H3,(H,35,36)/b27-21-. The molecule has 0 bridgehead atoms. The van der Waals surface area contributed by atoms with E-state index in [0.29, 0.717) is 30.8 Å². The molecule has 0 radical (unpaired) electrons. The minimum Gasteiger partial charge on any atom is -0.478 e. The van der Waals surface area contributed by atoms with Crippen molar-refractivity contribution in [3.05, 3.63) is 22.8 Å². The Hall–Kier alpha value is -1.66. The average molecular weight is 531 g/mol. The molecule has 4 aliphatic carbocycles. The lowest BCUT2D eigenvalue weighted by Gasteiger charge is -2.69. The molecule has 0 aromatic rings. The summed E-state index contributed by atoms with van der Waals surface area (Å²) in [5.41, 5.74) is 2.08. The lowest BCUT2D eigenvalue weighted by atomic mass is 9.36. The van der Waals surface area contributed by atoms with Gasteiger partial charge < -0.3 is 19.7 Å². The van der Waals surface area contributed by atoms with E-state index in [4.69, 9.17) is 9.47 Å². The van der Waals surface area contributed by atoms with Gasteiger partial charge in [-0.2, -0.15) is 0 Å². The molecule has 4 rings (SSSR count). The molecule has 0 aliphatic heterocycles. The van der Waals surface area contributed by atoms with Crippen molar-refractivity contribution < 1.29 is 29.3 Å². The summed E-state index contributed by atoms with van der Waals surface area (Å²) < 4.78 is 12.3. The van der Waals surface area contributed by atoms with Gasteiger partial charge in [0.1, 0.15) is 6.10 Å². The maximum atomic E-state index is 12.7. The van der Waals surface area contributed by atoms with E-state index in [-0.39, 0.29) is 52.2 Å². The molecule has 4 fully saturated rings. The second-order valence-corrected chi connectivity index (χ2v) is 13.9. The number of aliphatic hydroxyl groups is 1. The van der Waals surface area contributed by atoms with Crippen LogP contribution in [0.1, 0.15) is 99.8 Å². The Balaban J connectivity index is 1.85.